The van der Waals surface area contributed by atoms with Gasteiger partial charge in [-0.2, -0.15) is 0 Å². The predicted octanol–water partition coefficient (Wildman–Crippen LogP) is 1.86. The lowest BCUT2D eigenvalue weighted by molar-refractivity contribution is -0.132. The first kappa shape index (κ1) is 14.4. The van der Waals surface area contributed by atoms with Crippen LogP contribution in [0.5, 0.6) is 0 Å². The van der Waals surface area contributed by atoms with E-state index < -0.39 is 0 Å². The maximum Gasteiger partial charge on any atom is 0.239 e. The number of hydrogen-bond acceptors (Lipinski definition) is 2. The molecule has 3 nitrogen and oxygen atoms in total. The van der Waals surface area contributed by atoms with Gasteiger partial charge >= 0.3 is 0 Å². The van der Waals surface area contributed by atoms with E-state index in [1.165, 1.54) is 0 Å². The predicted molar refractivity (Wildman–Crippen MR) is 64.5 cm³/mol. The molecule has 0 radical (unpaired) electrons. The van der Waals surface area contributed by atoms with Crippen molar-refractivity contribution >= 4 is 5.91 Å². The summed E-state index contributed by atoms with van der Waals surface area (Å²) in [6, 6.07) is -0.350. The van der Waals surface area contributed by atoms with Crippen molar-refractivity contribution in [3.63, 3.8) is 0 Å². The summed E-state index contributed by atoms with van der Waals surface area (Å²) in [7, 11) is 1.83. The minimum absolute atomic E-state index is 0.0543. The first-order valence-electron chi connectivity index (χ1n) is 5.64. The van der Waals surface area contributed by atoms with E-state index in [0.29, 0.717) is 5.92 Å². The Kier molecular flexibility index (Phi) is 5.29. The molecule has 0 aromatic heterocycles. The van der Waals surface area contributed by atoms with Gasteiger partial charge < -0.3 is 10.6 Å². The van der Waals surface area contributed by atoms with Gasteiger partial charge in [0.2, 0.25) is 5.91 Å². The first-order valence-corrected chi connectivity index (χ1v) is 5.64. The highest BCUT2D eigenvalue weighted by atomic mass is 16.2. The SMILES string of the molecule is CC(C)C[C@H](N)C(=O)N(C)CC(C)(C)C. The number of likely N-dealkylation sites (N-methyl/N-ethyl adjacent to an activating group) is 1. The Balaban J connectivity index is 4.20. The Morgan fingerprint density at radius 2 is 1.80 bits per heavy atom. The summed E-state index contributed by atoms with van der Waals surface area (Å²) >= 11 is 0. The molecule has 1 atom stereocenters. The quantitative estimate of drug-likeness (QED) is 0.776. The van der Waals surface area contributed by atoms with E-state index in [0.717, 1.165) is 13.0 Å². The zero-order valence-corrected chi connectivity index (χ0v) is 11.0. The van der Waals surface area contributed by atoms with Crippen molar-refractivity contribution in [2.75, 3.05) is 13.6 Å². The van der Waals surface area contributed by atoms with Crippen LogP contribution < -0.4 is 5.73 Å². The molecule has 0 saturated carbocycles. The fraction of sp³-hybridized carbons (Fsp3) is 0.917. The van der Waals surface area contributed by atoms with Crippen LogP contribution in [0.25, 0.3) is 0 Å². The Hall–Kier alpha value is -0.570. The second-order valence-corrected chi connectivity index (χ2v) is 5.99. The number of hydrogen-bond donors (Lipinski definition) is 1. The van der Waals surface area contributed by atoms with Crippen LogP contribution in [0, 0.1) is 11.3 Å². The molecule has 0 heterocycles. The van der Waals surface area contributed by atoms with Crippen molar-refractivity contribution in [2.24, 2.45) is 17.1 Å². The van der Waals surface area contributed by atoms with Gasteiger partial charge in [-0.1, -0.05) is 34.6 Å². The number of amides is 1. The van der Waals surface area contributed by atoms with Gasteiger partial charge in [0.15, 0.2) is 0 Å². The zero-order chi connectivity index (χ0) is 12.2. The zero-order valence-electron chi connectivity index (χ0n) is 11.0. The van der Waals surface area contributed by atoms with E-state index in [9.17, 15) is 4.79 Å². The maximum absolute atomic E-state index is 11.9. The molecular weight excluding hydrogens is 188 g/mol. The third-order valence-electron chi connectivity index (χ3n) is 2.13. The van der Waals surface area contributed by atoms with Crippen LogP contribution in [0.2, 0.25) is 0 Å². The average molecular weight is 214 g/mol. The van der Waals surface area contributed by atoms with Crippen LogP contribution in [-0.2, 0) is 4.79 Å². The molecule has 0 saturated heterocycles. The van der Waals surface area contributed by atoms with Gasteiger partial charge in [0, 0.05) is 13.6 Å². The Labute approximate surface area is 94.0 Å². The lowest BCUT2D eigenvalue weighted by atomic mass is 9.95. The second-order valence-electron chi connectivity index (χ2n) is 5.99. The van der Waals surface area contributed by atoms with E-state index in [1.54, 1.807) is 4.90 Å². The Morgan fingerprint density at radius 1 is 1.33 bits per heavy atom. The van der Waals surface area contributed by atoms with Gasteiger partial charge in [-0.3, -0.25) is 4.79 Å². The van der Waals surface area contributed by atoms with Gasteiger partial charge in [0.1, 0.15) is 0 Å². The molecule has 0 aliphatic rings. The molecule has 0 aromatic rings. The number of nitrogens with two attached hydrogens (primary N) is 1. The van der Waals surface area contributed by atoms with Crippen molar-refractivity contribution in [3.8, 4) is 0 Å². The molecule has 0 rings (SSSR count). The second kappa shape index (κ2) is 5.50. The van der Waals surface area contributed by atoms with Crippen LogP contribution >= 0.6 is 0 Å². The van der Waals surface area contributed by atoms with E-state index in [4.69, 9.17) is 5.73 Å². The highest BCUT2D eigenvalue weighted by Gasteiger charge is 2.22. The monoisotopic (exact) mass is 214 g/mol. The highest BCUT2D eigenvalue weighted by Crippen LogP contribution is 2.15. The van der Waals surface area contributed by atoms with Gasteiger partial charge in [-0.25, -0.2) is 0 Å². The summed E-state index contributed by atoms with van der Waals surface area (Å²) in [5.41, 5.74) is 5.97. The molecule has 0 unspecified atom stereocenters. The summed E-state index contributed by atoms with van der Waals surface area (Å²) in [4.78, 5) is 13.6. The van der Waals surface area contributed by atoms with Gasteiger partial charge in [-0.15, -0.1) is 0 Å². The summed E-state index contributed by atoms with van der Waals surface area (Å²) < 4.78 is 0. The van der Waals surface area contributed by atoms with Crippen molar-refractivity contribution in [1.82, 2.24) is 4.90 Å². The van der Waals surface area contributed by atoms with E-state index in [2.05, 4.69) is 34.6 Å². The van der Waals surface area contributed by atoms with Crippen LogP contribution in [0.15, 0.2) is 0 Å². The highest BCUT2D eigenvalue weighted by molar-refractivity contribution is 5.81. The normalized spacial score (nSPS) is 14.1. The molecule has 0 bridgehead atoms. The number of nitrogens with zero attached hydrogens (tertiary/aromatic N) is 1. The number of rotatable bonds is 4. The van der Waals surface area contributed by atoms with Crippen LogP contribution in [0.1, 0.15) is 41.0 Å². The number of carbonyl (C=O) groups is 1. The smallest absolute Gasteiger partial charge is 0.239 e. The van der Waals surface area contributed by atoms with Crippen molar-refractivity contribution in [2.45, 2.75) is 47.1 Å². The minimum atomic E-state index is -0.350. The summed E-state index contributed by atoms with van der Waals surface area (Å²) in [5.74, 6) is 0.519. The Bertz CT molecular complexity index is 206. The molecule has 3 heteroatoms. The average Bonchev–Trinajstić information content (AvgIpc) is 1.98. The topological polar surface area (TPSA) is 46.3 Å². The molecule has 0 spiro atoms. The van der Waals surface area contributed by atoms with E-state index >= 15 is 0 Å². The minimum Gasteiger partial charge on any atom is -0.344 e. The molecular formula is C12H26N2O. The summed E-state index contributed by atoms with van der Waals surface area (Å²) in [6.45, 7) is 11.3. The lowest BCUT2D eigenvalue weighted by Gasteiger charge is -2.29. The van der Waals surface area contributed by atoms with Crippen molar-refractivity contribution < 1.29 is 4.79 Å². The fourth-order valence-electron chi connectivity index (χ4n) is 1.68. The maximum atomic E-state index is 11.9. The Morgan fingerprint density at radius 3 is 2.13 bits per heavy atom. The van der Waals surface area contributed by atoms with E-state index in [1.807, 2.05) is 7.05 Å². The third-order valence-corrected chi connectivity index (χ3v) is 2.13. The molecule has 0 aliphatic carbocycles. The third kappa shape index (κ3) is 6.50. The van der Waals surface area contributed by atoms with Crippen molar-refractivity contribution in [3.05, 3.63) is 0 Å². The van der Waals surface area contributed by atoms with Gasteiger partial charge in [0.25, 0.3) is 0 Å². The molecule has 0 fully saturated rings. The van der Waals surface area contributed by atoms with Crippen molar-refractivity contribution in [1.29, 1.82) is 0 Å². The van der Waals surface area contributed by atoms with Gasteiger partial charge in [0.05, 0.1) is 6.04 Å². The molecule has 15 heavy (non-hydrogen) atoms. The van der Waals surface area contributed by atoms with Gasteiger partial charge in [-0.05, 0) is 17.8 Å². The van der Waals surface area contributed by atoms with Crippen LogP contribution in [-0.4, -0.2) is 30.4 Å². The van der Waals surface area contributed by atoms with Crippen LogP contribution in [0.3, 0.4) is 0 Å². The molecule has 2 N–H and O–H groups in total. The van der Waals surface area contributed by atoms with Crippen LogP contribution in [0.4, 0.5) is 0 Å². The standard InChI is InChI=1S/C12H26N2O/c1-9(2)7-10(13)11(15)14(6)8-12(3,4)5/h9-10H,7-8,13H2,1-6H3/t10-/m0/s1. The molecule has 90 valence electrons. The summed E-state index contributed by atoms with van der Waals surface area (Å²) in [6.07, 6.45) is 0.757. The molecule has 1 amide bonds. The molecule has 0 aliphatic heterocycles. The summed E-state index contributed by atoms with van der Waals surface area (Å²) in [5, 5.41) is 0. The lowest BCUT2D eigenvalue weighted by Crippen LogP contribution is -2.45. The molecule has 0 aromatic carbocycles. The first-order chi connectivity index (χ1) is 6.63. The fourth-order valence-corrected chi connectivity index (χ4v) is 1.68. The number of carbonyl (C=O) groups excluding carboxylic acids is 1. The largest absolute Gasteiger partial charge is 0.344 e. The van der Waals surface area contributed by atoms with E-state index in [-0.39, 0.29) is 17.4 Å².